The Morgan fingerprint density at radius 3 is 2.81 bits per heavy atom. The van der Waals surface area contributed by atoms with Crippen LogP contribution in [0.15, 0.2) is 24.3 Å². The zero-order chi connectivity index (χ0) is 14.2. The Morgan fingerprint density at radius 2 is 1.95 bits per heavy atom. The van der Waals surface area contributed by atoms with E-state index in [-0.39, 0.29) is 0 Å². The number of fused-ring (bicyclic) bond motifs is 2. The lowest BCUT2D eigenvalue weighted by Crippen LogP contribution is -2.28. The molecule has 2 N–H and O–H groups in total. The molecule has 110 valence electrons. The molecule has 0 saturated heterocycles. The molecule has 2 aliphatic rings. The van der Waals surface area contributed by atoms with Crippen molar-refractivity contribution in [3.05, 3.63) is 47.0 Å². The highest BCUT2D eigenvalue weighted by molar-refractivity contribution is 5.31. The quantitative estimate of drug-likeness (QED) is 0.917. The van der Waals surface area contributed by atoms with Crippen molar-refractivity contribution in [1.29, 1.82) is 0 Å². The van der Waals surface area contributed by atoms with Gasteiger partial charge in [-0.3, -0.25) is 0 Å². The van der Waals surface area contributed by atoms with Crippen molar-refractivity contribution in [2.24, 2.45) is 11.7 Å². The van der Waals surface area contributed by atoms with Gasteiger partial charge in [-0.15, -0.1) is 10.2 Å². The molecule has 2 heterocycles. The predicted octanol–water partition coefficient (Wildman–Crippen LogP) is 2.07. The summed E-state index contributed by atoms with van der Waals surface area (Å²) in [5.74, 6) is 3.45. The first-order valence-electron chi connectivity index (χ1n) is 8.04. The number of benzene rings is 1. The molecule has 4 nitrogen and oxygen atoms in total. The van der Waals surface area contributed by atoms with Gasteiger partial charge in [-0.25, -0.2) is 0 Å². The lowest BCUT2D eigenvalue weighted by atomic mass is 9.83. The van der Waals surface area contributed by atoms with Gasteiger partial charge in [0, 0.05) is 18.9 Å². The van der Waals surface area contributed by atoms with Crippen LogP contribution in [0.1, 0.15) is 41.5 Å². The van der Waals surface area contributed by atoms with E-state index in [1.54, 1.807) is 0 Å². The van der Waals surface area contributed by atoms with Gasteiger partial charge in [0.1, 0.15) is 11.6 Å². The van der Waals surface area contributed by atoms with E-state index >= 15 is 0 Å². The normalized spacial score (nSPS) is 24.4. The zero-order valence-corrected chi connectivity index (χ0v) is 12.3. The Hall–Kier alpha value is -1.68. The van der Waals surface area contributed by atoms with Gasteiger partial charge in [-0.05, 0) is 49.3 Å². The van der Waals surface area contributed by atoms with Crippen molar-refractivity contribution in [1.82, 2.24) is 14.8 Å². The molecule has 1 aromatic heterocycles. The molecule has 0 spiro atoms. The predicted molar refractivity (Wildman–Crippen MR) is 82.1 cm³/mol. The minimum Gasteiger partial charge on any atom is -0.330 e. The number of hydrogen-bond acceptors (Lipinski definition) is 3. The maximum atomic E-state index is 5.87. The van der Waals surface area contributed by atoms with Gasteiger partial charge in [-0.1, -0.05) is 24.3 Å². The fourth-order valence-corrected chi connectivity index (χ4v) is 3.83. The lowest BCUT2D eigenvalue weighted by Gasteiger charge is -2.28. The SMILES string of the molecule is NCC1CCc2nnc(C3CCc4ccccc4C3)n2C1. The van der Waals surface area contributed by atoms with E-state index in [1.807, 2.05) is 0 Å². The van der Waals surface area contributed by atoms with E-state index in [9.17, 15) is 0 Å². The van der Waals surface area contributed by atoms with Crippen LogP contribution in [0.4, 0.5) is 0 Å². The first kappa shape index (κ1) is 13.0. The molecule has 0 fully saturated rings. The van der Waals surface area contributed by atoms with Gasteiger partial charge in [0.2, 0.25) is 0 Å². The van der Waals surface area contributed by atoms with Crippen molar-refractivity contribution in [3.8, 4) is 0 Å². The molecule has 0 radical (unpaired) electrons. The summed E-state index contributed by atoms with van der Waals surface area (Å²) in [7, 11) is 0. The Labute approximate surface area is 125 Å². The van der Waals surface area contributed by atoms with Crippen LogP contribution in [0.5, 0.6) is 0 Å². The summed E-state index contributed by atoms with van der Waals surface area (Å²) in [4.78, 5) is 0. The van der Waals surface area contributed by atoms with Crippen LogP contribution < -0.4 is 5.73 Å². The number of aromatic nitrogens is 3. The third-order valence-electron chi connectivity index (χ3n) is 5.12. The first-order valence-corrected chi connectivity index (χ1v) is 8.04. The zero-order valence-electron chi connectivity index (χ0n) is 12.3. The molecule has 1 aliphatic carbocycles. The van der Waals surface area contributed by atoms with Crippen LogP contribution in [0.2, 0.25) is 0 Å². The average molecular weight is 282 g/mol. The molecular formula is C17H22N4. The Kier molecular flexibility index (Phi) is 3.26. The molecule has 2 unspecified atom stereocenters. The molecular weight excluding hydrogens is 260 g/mol. The molecule has 0 bridgehead atoms. The van der Waals surface area contributed by atoms with Crippen LogP contribution in [-0.2, 0) is 25.8 Å². The number of nitrogens with two attached hydrogens (primary N) is 1. The Balaban J connectivity index is 1.63. The van der Waals surface area contributed by atoms with Crippen LogP contribution >= 0.6 is 0 Å². The summed E-state index contributed by atoms with van der Waals surface area (Å²) in [6.45, 7) is 1.77. The summed E-state index contributed by atoms with van der Waals surface area (Å²) in [5, 5.41) is 8.96. The summed E-state index contributed by atoms with van der Waals surface area (Å²) >= 11 is 0. The van der Waals surface area contributed by atoms with Crippen molar-refractivity contribution in [2.75, 3.05) is 6.54 Å². The third-order valence-corrected chi connectivity index (χ3v) is 5.12. The van der Waals surface area contributed by atoms with Crippen molar-refractivity contribution < 1.29 is 0 Å². The van der Waals surface area contributed by atoms with Crippen LogP contribution in [-0.4, -0.2) is 21.3 Å². The van der Waals surface area contributed by atoms with E-state index in [2.05, 4.69) is 39.0 Å². The number of nitrogens with zero attached hydrogens (tertiary/aromatic N) is 3. The minimum atomic E-state index is 0.512. The van der Waals surface area contributed by atoms with Gasteiger partial charge < -0.3 is 10.3 Å². The standard InChI is InChI=1S/C17H22N4/c18-10-12-5-8-16-19-20-17(21(16)11-12)15-7-6-13-3-1-2-4-14(13)9-15/h1-4,12,15H,5-11,18H2. The maximum absolute atomic E-state index is 5.87. The topological polar surface area (TPSA) is 56.7 Å². The van der Waals surface area contributed by atoms with E-state index < -0.39 is 0 Å². The van der Waals surface area contributed by atoms with Crippen LogP contribution in [0, 0.1) is 5.92 Å². The van der Waals surface area contributed by atoms with Gasteiger partial charge in [-0.2, -0.15) is 0 Å². The first-order chi connectivity index (χ1) is 10.3. The van der Waals surface area contributed by atoms with Gasteiger partial charge in [0.05, 0.1) is 0 Å². The Bertz CT molecular complexity index is 646. The average Bonchev–Trinajstić information content (AvgIpc) is 2.97. The van der Waals surface area contributed by atoms with E-state index in [1.165, 1.54) is 23.4 Å². The molecule has 2 atom stereocenters. The van der Waals surface area contributed by atoms with Crippen molar-refractivity contribution >= 4 is 0 Å². The van der Waals surface area contributed by atoms with E-state index in [4.69, 9.17) is 5.73 Å². The summed E-state index contributed by atoms with van der Waals surface area (Å²) in [5.41, 5.74) is 8.86. The van der Waals surface area contributed by atoms with E-state index in [0.717, 1.165) is 44.6 Å². The summed E-state index contributed by atoms with van der Waals surface area (Å²) < 4.78 is 2.36. The highest BCUT2D eigenvalue weighted by atomic mass is 15.3. The monoisotopic (exact) mass is 282 g/mol. The smallest absolute Gasteiger partial charge is 0.136 e. The minimum absolute atomic E-state index is 0.512. The maximum Gasteiger partial charge on any atom is 0.136 e. The molecule has 2 aromatic rings. The Morgan fingerprint density at radius 1 is 1.10 bits per heavy atom. The largest absolute Gasteiger partial charge is 0.330 e. The van der Waals surface area contributed by atoms with Crippen molar-refractivity contribution in [3.63, 3.8) is 0 Å². The van der Waals surface area contributed by atoms with Crippen molar-refractivity contribution in [2.45, 2.75) is 44.6 Å². The van der Waals surface area contributed by atoms with Gasteiger partial charge >= 0.3 is 0 Å². The molecule has 1 aliphatic heterocycles. The molecule has 21 heavy (non-hydrogen) atoms. The van der Waals surface area contributed by atoms with Crippen LogP contribution in [0.3, 0.4) is 0 Å². The highest BCUT2D eigenvalue weighted by Crippen LogP contribution is 2.33. The van der Waals surface area contributed by atoms with E-state index in [0.29, 0.717) is 11.8 Å². The van der Waals surface area contributed by atoms with Gasteiger partial charge in [0.15, 0.2) is 0 Å². The fraction of sp³-hybridized carbons (Fsp3) is 0.529. The second-order valence-corrected chi connectivity index (χ2v) is 6.43. The van der Waals surface area contributed by atoms with Crippen LogP contribution in [0.25, 0.3) is 0 Å². The molecule has 0 amide bonds. The molecule has 0 saturated carbocycles. The number of aryl methyl sites for hydroxylation is 2. The number of rotatable bonds is 2. The van der Waals surface area contributed by atoms with Gasteiger partial charge in [0.25, 0.3) is 0 Å². The fourth-order valence-electron chi connectivity index (χ4n) is 3.83. The highest BCUT2D eigenvalue weighted by Gasteiger charge is 2.28. The molecule has 4 rings (SSSR count). The summed E-state index contributed by atoms with van der Waals surface area (Å²) in [6.07, 6.45) is 5.62. The molecule has 4 heteroatoms. The molecule has 1 aromatic carbocycles. The summed E-state index contributed by atoms with van der Waals surface area (Å²) in [6, 6.07) is 8.81. The number of hydrogen-bond donors (Lipinski definition) is 1. The second kappa shape index (κ2) is 5.26. The second-order valence-electron chi connectivity index (χ2n) is 6.43. The lowest BCUT2D eigenvalue weighted by molar-refractivity contribution is 0.358. The third kappa shape index (κ3) is 2.27.